The van der Waals surface area contributed by atoms with Gasteiger partial charge in [-0.05, 0) is 52.6 Å². The highest BCUT2D eigenvalue weighted by Gasteiger charge is 2.15. The molecule has 6 heteroatoms. The molecule has 0 fully saturated rings. The van der Waals surface area contributed by atoms with Gasteiger partial charge in [0, 0.05) is 28.9 Å². The maximum absolute atomic E-state index is 9.57. The van der Waals surface area contributed by atoms with Gasteiger partial charge in [0.1, 0.15) is 11.6 Å². The lowest BCUT2D eigenvalue weighted by molar-refractivity contribution is 0.282. The third kappa shape index (κ3) is 5.10. The number of phenols is 1. The van der Waals surface area contributed by atoms with Crippen LogP contribution in [0.25, 0.3) is 33.8 Å². The molecule has 0 spiro atoms. The van der Waals surface area contributed by atoms with Gasteiger partial charge in [0.25, 0.3) is 0 Å². The Bertz CT molecular complexity index is 1460. The van der Waals surface area contributed by atoms with E-state index in [1.807, 2.05) is 79.0 Å². The molecule has 4 nitrogen and oxygen atoms in total. The molecule has 1 aromatic heterocycles. The van der Waals surface area contributed by atoms with E-state index in [1.165, 1.54) is 0 Å². The van der Waals surface area contributed by atoms with Gasteiger partial charge < -0.3 is 14.8 Å². The molecular weight excluding hydrogens is 479 g/mol. The number of benzene rings is 4. The topological polar surface area (TPSA) is 58.3 Å². The van der Waals surface area contributed by atoms with E-state index in [-0.39, 0.29) is 12.4 Å². The van der Waals surface area contributed by atoms with Gasteiger partial charge in [0.2, 0.25) is 0 Å². The van der Waals surface area contributed by atoms with Crippen LogP contribution in [0.4, 0.5) is 0 Å². The summed E-state index contributed by atoms with van der Waals surface area (Å²) in [6.45, 7) is 0.627. The van der Waals surface area contributed by atoms with Crippen LogP contribution in [-0.2, 0) is 13.2 Å². The van der Waals surface area contributed by atoms with Crippen LogP contribution in [0.5, 0.6) is 5.75 Å². The number of aromatic hydroxyl groups is 1. The lowest BCUT2D eigenvalue weighted by Gasteiger charge is -2.10. The highest BCUT2D eigenvalue weighted by atomic mass is 35.5. The lowest BCUT2D eigenvalue weighted by atomic mass is 10.0. The van der Waals surface area contributed by atoms with E-state index >= 15 is 0 Å². The number of nitrogens with zero attached hydrogens (tertiary/aromatic N) is 2. The van der Waals surface area contributed by atoms with E-state index < -0.39 is 0 Å². The van der Waals surface area contributed by atoms with E-state index in [9.17, 15) is 10.2 Å². The SMILES string of the molecule is OCc1ccc(Cn2cc(-c3ccc(Cl)cc3Cl)nc2-c2ccc(-c3ccc(O)cc3)cc2)cc1. The minimum Gasteiger partial charge on any atom is -0.508 e. The number of hydrogen-bond donors (Lipinski definition) is 2. The molecule has 0 saturated carbocycles. The summed E-state index contributed by atoms with van der Waals surface area (Å²) in [5.74, 6) is 1.06. The van der Waals surface area contributed by atoms with Gasteiger partial charge in [-0.25, -0.2) is 4.98 Å². The molecule has 0 saturated heterocycles. The molecule has 0 radical (unpaired) electrons. The minimum absolute atomic E-state index is 0.0171. The highest BCUT2D eigenvalue weighted by molar-refractivity contribution is 6.36. The molecule has 0 aliphatic carbocycles. The molecule has 0 unspecified atom stereocenters. The van der Waals surface area contributed by atoms with E-state index in [1.54, 1.807) is 18.2 Å². The fourth-order valence-electron chi connectivity index (χ4n) is 4.01. The molecule has 35 heavy (non-hydrogen) atoms. The Morgan fingerprint density at radius 3 is 1.94 bits per heavy atom. The maximum Gasteiger partial charge on any atom is 0.140 e. The van der Waals surface area contributed by atoms with Crippen LogP contribution in [0.1, 0.15) is 11.1 Å². The first-order chi connectivity index (χ1) is 17.0. The van der Waals surface area contributed by atoms with Crippen molar-refractivity contribution in [3.8, 4) is 39.5 Å². The molecule has 2 N–H and O–H groups in total. The Kier molecular flexibility index (Phi) is 6.60. The summed E-state index contributed by atoms with van der Waals surface area (Å²) < 4.78 is 2.10. The van der Waals surface area contributed by atoms with E-state index in [4.69, 9.17) is 28.2 Å². The summed E-state index contributed by atoms with van der Waals surface area (Å²) in [6.07, 6.45) is 2.00. The second-order valence-corrected chi connectivity index (χ2v) is 9.14. The molecule has 0 atom stereocenters. The first-order valence-corrected chi connectivity index (χ1v) is 11.9. The second kappa shape index (κ2) is 9.96. The zero-order valence-electron chi connectivity index (χ0n) is 18.7. The summed E-state index contributed by atoms with van der Waals surface area (Å²) in [6, 6.07) is 28.6. The van der Waals surface area contributed by atoms with Crippen LogP contribution >= 0.6 is 23.2 Å². The van der Waals surface area contributed by atoms with Crippen molar-refractivity contribution in [1.82, 2.24) is 9.55 Å². The third-order valence-electron chi connectivity index (χ3n) is 5.89. The van der Waals surface area contributed by atoms with Crippen molar-refractivity contribution in [2.45, 2.75) is 13.2 Å². The van der Waals surface area contributed by atoms with Gasteiger partial charge in [-0.2, -0.15) is 0 Å². The number of imidazole rings is 1. The van der Waals surface area contributed by atoms with Crippen LogP contribution < -0.4 is 0 Å². The summed E-state index contributed by atoms with van der Waals surface area (Å²) >= 11 is 12.6. The van der Waals surface area contributed by atoms with Crippen molar-refractivity contribution in [2.75, 3.05) is 0 Å². The number of phenolic OH excluding ortho intramolecular Hbond substituents is 1. The Morgan fingerprint density at radius 1 is 0.714 bits per heavy atom. The average Bonchev–Trinajstić information content (AvgIpc) is 3.28. The molecule has 0 aliphatic heterocycles. The highest BCUT2D eigenvalue weighted by Crippen LogP contribution is 2.33. The predicted molar refractivity (Wildman–Crippen MR) is 142 cm³/mol. The summed E-state index contributed by atoms with van der Waals surface area (Å²) in [7, 11) is 0. The van der Waals surface area contributed by atoms with Gasteiger partial charge in [-0.3, -0.25) is 0 Å². The maximum atomic E-state index is 9.57. The zero-order chi connectivity index (χ0) is 24.4. The monoisotopic (exact) mass is 500 g/mol. The average molecular weight is 501 g/mol. The quantitative estimate of drug-likeness (QED) is 0.254. The first kappa shape index (κ1) is 23.2. The zero-order valence-corrected chi connectivity index (χ0v) is 20.2. The smallest absolute Gasteiger partial charge is 0.140 e. The summed E-state index contributed by atoms with van der Waals surface area (Å²) in [4.78, 5) is 4.95. The van der Waals surface area contributed by atoms with Crippen molar-refractivity contribution in [3.05, 3.63) is 118 Å². The van der Waals surface area contributed by atoms with Gasteiger partial charge in [-0.15, -0.1) is 0 Å². The largest absolute Gasteiger partial charge is 0.508 e. The number of rotatable bonds is 6. The number of halogens is 2. The molecule has 174 valence electrons. The van der Waals surface area contributed by atoms with Crippen LogP contribution in [0.3, 0.4) is 0 Å². The number of aromatic nitrogens is 2. The molecule has 4 aromatic carbocycles. The van der Waals surface area contributed by atoms with Crippen LogP contribution in [0.2, 0.25) is 10.0 Å². The molecular formula is C29H22Cl2N2O2. The van der Waals surface area contributed by atoms with Crippen molar-refractivity contribution < 1.29 is 10.2 Å². The fourth-order valence-corrected chi connectivity index (χ4v) is 4.51. The number of aliphatic hydroxyl groups excluding tert-OH is 1. The molecule has 1 heterocycles. The van der Waals surface area contributed by atoms with Crippen molar-refractivity contribution in [1.29, 1.82) is 0 Å². The Labute approximate surface area is 213 Å². The van der Waals surface area contributed by atoms with Crippen LogP contribution in [0.15, 0.2) is 97.2 Å². The van der Waals surface area contributed by atoms with Crippen LogP contribution in [-0.4, -0.2) is 19.8 Å². The fraction of sp³-hybridized carbons (Fsp3) is 0.0690. The Balaban J connectivity index is 1.54. The Morgan fingerprint density at radius 2 is 1.31 bits per heavy atom. The normalized spacial score (nSPS) is 11.1. The van der Waals surface area contributed by atoms with E-state index in [2.05, 4.69) is 4.57 Å². The molecule has 0 bridgehead atoms. The van der Waals surface area contributed by atoms with Crippen molar-refractivity contribution in [2.24, 2.45) is 0 Å². The van der Waals surface area contributed by atoms with Gasteiger partial charge >= 0.3 is 0 Å². The lowest BCUT2D eigenvalue weighted by Crippen LogP contribution is -2.01. The summed E-state index contributed by atoms with van der Waals surface area (Å²) in [5.41, 5.74) is 6.58. The van der Waals surface area contributed by atoms with Gasteiger partial charge in [0.05, 0.1) is 17.3 Å². The number of hydrogen-bond acceptors (Lipinski definition) is 3. The minimum atomic E-state index is 0.0171. The molecule has 5 aromatic rings. The second-order valence-electron chi connectivity index (χ2n) is 8.30. The molecule has 5 rings (SSSR count). The number of aliphatic hydroxyl groups is 1. The van der Waals surface area contributed by atoms with Crippen molar-refractivity contribution in [3.63, 3.8) is 0 Å². The van der Waals surface area contributed by atoms with Gasteiger partial charge in [0.15, 0.2) is 0 Å². The van der Waals surface area contributed by atoms with Crippen molar-refractivity contribution >= 4 is 23.2 Å². The van der Waals surface area contributed by atoms with E-state index in [0.29, 0.717) is 16.6 Å². The standard InChI is InChI=1S/C29H22Cl2N2O2/c30-24-11-14-26(27(31)15-24)28-17-33(16-19-1-3-20(18-34)4-2-19)29(32-28)23-7-5-21(6-8-23)22-9-12-25(35)13-10-22/h1-15,17,34-35H,16,18H2. The summed E-state index contributed by atoms with van der Waals surface area (Å²) in [5, 5.41) is 20.0. The van der Waals surface area contributed by atoms with E-state index in [0.717, 1.165) is 44.9 Å². The first-order valence-electron chi connectivity index (χ1n) is 11.1. The Hall–Kier alpha value is -3.57. The third-order valence-corrected chi connectivity index (χ3v) is 6.43. The van der Waals surface area contributed by atoms with Crippen LogP contribution in [0, 0.1) is 0 Å². The molecule has 0 amide bonds. The molecule has 0 aliphatic rings. The predicted octanol–water partition coefficient (Wildman–Crippen LogP) is 7.44. The van der Waals surface area contributed by atoms with Gasteiger partial charge in [-0.1, -0.05) is 83.9 Å².